The third-order valence-corrected chi connectivity index (χ3v) is 7.06. The second-order valence-corrected chi connectivity index (χ2v) is 9.69. The molecule has 0 aliphatic carbocycles. The SMILES string of the molecule is [B]c1ccc(C(F)(F)F)cc1S(=O)(=O)Nc1ccc(Cc2ccnc3cc(OC)c(OC)cc23)cc1F. The number of methoxy groups -OCH3 is 2. The maximum Gasteiger partial charge on any atom is 0.416 e. The fraction of sp³-hybridized carbons (Fsp3) is 0.160. The largest absolute Gasteiger partial charge is 0.493 e. The van der Waals surface area contributed by atoms with E-state index in [0.29, 0.717) is 34.7 Å². The summed E-state index contributed by atoms with van der Waals surface area (Å²) in [6, 6.07) is 11.0. The van der Waals surface area contributed by atoms with Crippen molar-refractivity contribution < 1.29 is 35.5 Å². The first-order chi connectivity index (χ1) is 17.4. The maximum atomic E-state index is 14.9. The number of hydrogen-bond acceptors (Lipinski definition) is 5. The summed E-state index contributed by atoms with van der Waals surface area (Å²) in [7, 11) is 4.00. The van der Waals surface area contributed by atoms with Crippen molar-refractivity contribution >= 4 is 39.9 Å². The Hall–Kier alpha value is -3.80. The van der Waals surface area contributed by atoms with Crippen LogP contribution in [-0.2, 0) is 22.6 Å². The van der Waals surface area contributed by atoms with Gasteiger partial charge in [0.2, 0.25) is 0 Å². The van der Waals surface area contributed by atoms with Gasteiger partial charge in [0, 0.05) is 17.6 Å². The Morgan fingerprint density at radius 3 is 2.32 bits per heavy atom. The van der Waals surface area contributed by atoms with E-state index in [9.17, 15) is 26.0 Å². The predicted octanol–water partition coefficient (Wildman–Crippen LogP) is 4.60. The van der Waals surface area contributed by atoms with Crippen LogP contribution in [0.2, 0.25) is 0 Å². The highest BCUT2D eigenvalue weighted by molar-refractivity contribution is 7.93. The molecule has 0 aliphatic rings. The molecule has 0 aliphatic heterocycles. The van der Waals surface area contributed by atoms with Gasteiger partial charge in [-0.1, -0.05) is 23.7 Å². The zero-order chi connectivity index (χ0) is 27.0. The standard InChI is InChI=1S/C25H19BF4N2O4S/c1-35-22-12-17-15(7-8-31-21(17)13-23(22)36-2)9-14-3-6-20(19(27)10-14)32-37(33,34)24-11-16(25(28,29)30)4-5-18(24)26/h3-8,10-13,32H,9H2,1-2H3. The number of sulfonamides is 1. The van der Waals surface area contributed by atoms with Crippen molar-refractivity contribution in [2.75, 3.05) is 18.9 Å². The van der Waals surface area contributed by atoms with Gasteiger partial charge in [-0.05, 0) is 47.9 Å². The number of aromatic nitrogens is 1. The number of rotatable bonds is 7. The molecule has 0 amide bonds. The average molecular weight is 530 g/mol. The average Bonchev–Trinajstić information content (AvgIpc) is 2.84. The zero-order valence-electron chi connectivity index (χ0n) is 19.6. The van der Waals surface area contributed by atoms with E-state index >= 15 is 0 Å². The van der Waals surface area contributed by atoms with Gasteiger partial charge in [-0.3, -0.25) is 9.71 Å². The normalized spacial score (nSPS) is 11.9. The summed E-state index contributed by atoms with van der Waals surface area (Å²) in [6.45, 7) is 0. The van der Waals surface area contributed by atoms with Crippen molar-refractivity contribution in [3.63, 3.8) is 0 Å². The third kappa shape index (κ3) is 5.48. The van der Waals surface area contributed by atoms with Gasteiger partial charge >= 0.3 is 6.18 Å². The molecular formula is C25H19BF4N2O4S. The van der Waals surface area contributed by atoms with Gasteiger partial charge in [-0.2, -0.15) is 13.2 Å². The Morgan fingerprint density at radius 1 is 0.973 bits per heavy atom. The second kappa shape index (κ2) is 9.93. The Labute approximate surface area is 211 Å². The summed E-state index contributed by atoms with van der Waals surface area (Å²) in [4.78, 5) is 3.52. The molecule has 0 bridgehead atoms. The number of hydrogen-bond donors (Lipinski definition) is 1. The van der Waals surface area contributed by atoms with Crippen molar-refractivity contribution in [1.82, 2.24) is 4.98 Å². The second-order valence-electron chi connectivity index (χ2n) is 8.04. The maximum absolute atomic E-state index is 14.9. The van der Waals surface area contributed by atoms with Crippen molar-refractivity contribution in [3.05, 3.63) is 83.3 Å². The number of nitrogens with zero attached hydrogens (tertiary/aromatic N) is 1. The van der Waals surface area contributed by atoms with E-state index in [0.717, 1.165) is 23.1 Å². The lowest BCUT2D eigenvalue weighted by atomic mass is 9.95. The summed E-state index contributed by atoms with van der Waals surface area (Å²) >= 11 is 0. The van der Waals surface area contributed by atoms with E-state index in [2.05, 4.69) is 4.98 Å². The first-order valence-electron chi connectivity index (χ1n) is 10.7. The molecule has 0 saturated carbocycles. The van der Waals surface area contributed by atoms with Crippen LogP contribution in [0.3, 0.4) is 0 Å². The highest BCUT2D eigenvalue weighted by Crippen LogP contribution is 2.34. The Balaban J connectivity index is 1.63. The lowest BCUT2D eigenvalue weighted by Gasteiger charge is -2.15. The fourth-order valence-corrected chi connectivity index (χ4v) is 5.02. The molecule has 0 spiro atoms. The lowest BCUT2D eigenvalue weighted by molar-refractivity contribution is -0.137. The molecule has 4 aromatic rings. The van der Waals surface area contributed by atoms with Crippen LogP contribution < -0.4 is 19.7 Å². The molecule has 3 aromatic carbocycles. The summed E-state index contributed by atoms with van der Waals surface area (Å²) in [5, 5.41) is 0.755. The lowest BCUT2D eigenvalue weighted by Crippen LogP contribution is -2.23. The van der Waals surface area contributed by atoms with E-state index in [4.69, 9.17) is 17.3 Å². The molecule has 0 saturated heterocycles. The van der Waals surface area contributed by atoms with Crippen molar-refractivity contribution in [2.45, 2.75) is 17.5 Å². The van der Waals surface area contributed by atoms with Crippen LogP contribution in [0.5, 0.6) is 11.5 Å². The Morgan fingerprint density at radius 2 is 1.68 bits per heavy atom. The molecule has 1 heterocycles. The van der Waals surface area contributed by atoms with Crippen molar-refractivity contribution in [1.29, 1.82) is 0 Å². The molecular weight excluding hydrogens is 511 g/mol. The fourth-order valence-electron chi connectivity index (χ4n) is 3.80. The minimum absolute atomic E-state index is 0.277. The van der Waals surface area contributed by atoms with Crippen LogP contribution in [0.1, 0.15) is 16.7 Å². The van der Waals surface area contributed by atoms with E-state index < -0.39 is 43.6 Å². The Kier molecular flexibility index (Phi) is 7.05. The number of anilines is 1. The van der Waals surface area contributed by atoms with Crippen LogP contribution in [0.15, 0.2) is 65.7 Å². The van der Waals surface area contributed by atoms with Gasteiger partial charge in [0.25, 0.3) is 10.0 Å². The van der Waals surface area contributed by atoms with Crippen LogP contribution in [-0.4, -0.2) is 35.5 Å². The molecule has 0 atom stereocenters. The molecule has 37 heavy (non-hydrogen) atoms. The molecule has 190 valence electrons. The van der Waals surface area contributed by atoms with Crippen LogP contribution in [0.25, 0.3) is 10.9 Å². The van der Waals surface area contributed by atoms with Gasteiger partial charge in [-0.15, -0.1) is 0 Å². The van der Waals surface area contributed by atoms with E-state index in [1.807, 2.05) is 4.72 Å². The molecule has 12 heteroatoms. The number of nitrogens with one attached hydrogen (secondary N) is 1. The number of fused-ring (bicyclic) bond motifs is 1. The van der Waals surface area contributed by atoms with Crippen molar-refractivity contribution in [2.24, 2.45) is 0 Å². The van der Waals surface area contributed by atoms with Gasteiger partial charge < -0.3 is 9.47 Å². The quantitative estimate of drug-likeness (QED) is 0.280. The highest BCUT2D eigenvalue weighted by atomic mass is 32.2. The smallest absolute Gasteiger partial charge is 0.416 e. The molecule has 1 N–H and O–H groups in total. The molecule has 1 aromatic heterocycles. The van der Waals surface area contributed by atoms with Crippen LogP contribution >= 0.6 is 0 Å². The molecule has 2 radical (unpaired) electrons. The molecule has 0 unspecified atom stereocenters. The minimum atomic E-state index is -4.78. The van der Waals surface area contributed by atoms with E-state index in [1.54, 1.807) is 24.4 Å². The topological polar surface area (TPSA) is 77.5 Å². The Bertz CT molecular complexity index is 1590. The minimum Gasteiger partial charge on any atom is -0.493 e. The number of ether oxygens (including phenoxy) is 2. The predicted molar refractivity (Wildman–Crippen MR) is 132 cm³/mol. The summed E-state index contributed by atoms with van der Waals surface area (Å²) < 4.78 is 92.2. The number of alkyl halides is 3. The first-order valence-corrected chi connectivity index (χ1v) is 12.2. The molecule has 6 nitrogen and oxygen atoms in total. The number of pyridine rings is 1. The summed E-state index contributed by atoms with van der Waals surface area (Å²) in [6.07, 6.45) is -2.90. The highest BCUT2D eigenvalue weighted by Gasteiger charge is 2.32. The van der Waals surface area contributed by atoms with Crippen LogP contribution in [0, 0.1) is 5.82 Å². The number of halogens is 4. The van der Waals surface area contributed by atoms with Gasteiger partial charge in [0.1, 0.15) is 13.7 Å². The molecule has 0 fully saturated rings. The van der Waals surface area contributed by atoms with E-state index in [1.165, 1.54) is 26.4 Å². The van der Waals surface area contributed by atoms with Gasteiger partial charge in [0.05, 0.1) is 35.9 Å². The van der Waals surface area contributed by atoms with Crippen molar-refractivity contribution in [3.8, 4) is 11.5 Å². The van der Waals surface area contributed by atoms with Gasteiger partial charge in [0.15, 0.2) is 11.5 Å². The monoisotopic (exact) mass is 530 g/mol. The zero-order valence-corrected chi connectivity index (χ0v) is 20.4. The van der Waals surface area contributed by atoms with Gasteiger partial charge in [-0.25, -0.2) is 12.8 Å². The van der Waals surface area contributed by atoms with Crippen LogP contribution in [0.4, 0.5) is 23.2 Å². The summed E-state index contributed by atoms with van der Waals surface area (Å²) in [5.41, 5.74) is -0.0900. The number of benzene rings is 3. The van der Waals surface area contributed by atoms with E-state index in [-0.39, 0.29) is 6.42 Å². The third-order valence-electron chi connectivity index (χ3n) is 5.64. The molecule has 4 rings (SSSR count). The summed E-state index contributed by atoms with van der Waals surface area (Å²) in [5.74, 6) is 0.0852. The first kappa shape index (κ1) is 26.3.